The van der Waals surface area contributed by atoms with E-state index in [2.05, 4.69) is 9.97 Å². The standard InChI is InChI=1S/C6H6ClN3O2/c1-2-3(5(11)12)9-6(7)10-4(2)8/h1H3,(H,11,12)(H2,8,9,10). The van der Waals surface area contributed by atoms with Gasteiger partial charge in [-0.25, -0.2) is 14.8 Å². The van der Waals surface area contributed by atoms with Crippen molar-refractivity contribution in [2.24, 2.45) is 0 Å². The molecule has 0 aliphatic heterocycles. The first-order valence-corrected chi connectivity index (χ1v) is 3.43. The van der Waals surface area contributed by atoms with Crippen LogP contribution in [0.25, 0.3) is 0 Å². The van der Waals surface area contributed by atoms with Crippen molar-refractivity contribution < 1.29 is 9.90 Å². The number of hydrogen-bond acceptors (Lipinski definition) is 4. The van der Waals surface area contributed by atoms with Crippen molar-refractivity contribution in [2.45, 2.75) is 6.92 Å². The van der Waals surface area contributed by atoms with E-state index in [4.69, 9.17) is 22.4 Å². The van der Waals surface area contributed by atoms with Crippen LogP contribution in [0, 0.1) is 6.92 Å². The number of halogens is 1. The number of rotatable bonds is 1. The summed E-state index contributed by atoms with van der Waals surface area (Å²) in [7, 11) is 0. The van der Waals surface area contributed by atoms with Gasteiger partial charge in [0.15, 0.2) is 5.69 Å². The summed E-state index contributed by atoms with van der Waals surface area (Å²) >= 11 is 5.40. The van der Waals surface area contributed by atoms with Crippen molar-refractivity contribution in [3.63, 3.8) is 0 Å². The number of carboxylic acids is 1. The Morgan fingerprint density at radius 1 is 1.58 bits per heavy atom. The monoisotopic (exact) mass is 187 g/mol. The lowest BCUT2D eigenvalue weighted by Gasteiger charge is -2.02. The first kappa shape index (κ1) is 8.73. The maximum atomic E-state index is 10.5. The van der Waals surface area contributed by atoms with Crippen LogP contribution in [0.15, 0.2) is 0 Å². The van der Waals surface area contributed by atoms with Crippen LogP contribution in [0.3, 0.4) is 0 Å². The molecule has 0 bridgehead atoms. The van der Waals surface area contributed by atoms with Gasteiger partial charge < -0.3 is 10.8 Å². The molecule has 0 saturated carbocycles. The summed E-state index contributed by atoms with van der Waals surface area (Å²) in [5.41, 5.74) is 5.53. The molecular weight excluding hydrogens is 182 g/mol. The molecule has 0 spiro atoms. The summed E-state index contributed by atoms with van der Waals surface area (Å²) in [5, 5.41) is 8.45. The zero-order valence-electron chi connectivity index (χ0n) is 6.21. The van der Waals surface area contributed by atoms with Crippen LogP contribution in [0.5, 0.6) is 0 Å². The lowest BCUT2D eigenvalue weighted by molar-refractivity contribution is 0.0689. The Hall–Kier alpha value is -1.36. The summed E-state index contributed by atoms with van der Waals surface area (Å²) in [6, 6.07) is 0. The van der Waals surface area contributed by atoms with E-state index in [9.17, 15) is 4.79 Å². The number of aromatic carboxylic acids is 1. The maximum Gasteiger partial charge on any atom is 0.355 e. The molecule has 5 nitrogen and oxygen atoms in total. The van der Waals surface area contributed by atoms with Crippen LogP contribution < -0.4 is 5.73 Å². The highest BCUT2D eigenvalue weighted by atomic mass is 35.5. The molecule has 64 valence electrons. The molecule has 0 aliphatic carbocycles. The van der Waals surface area contributed by atoms with Gasteiger partial charge in [0.1, 0.15) is 5.82 Å². The second-order valence-electron chi connectivity index (χ2n) is 2.16. The smallest absolute Gasteiger partial charge is 0.355 e. The molecular formula is C6H6ClN3O2. The number of nitrogen functional groups attached to an aromatic ring is 1. The van der Waals surface area contributed by atoms with Crippen LogP contribution in [0.4, 0.5) is 5.82 Å². The molecule has 0 radical (unpaired) electrons. The van der Waals surface area contributed by atoms with E-state index in [1.807, 2.05) is 0 Å². The topological polar surface area (TPSA) is 89.1 Å². The van der Waals surface area contributed by atoms with Gasteiger partial charge in [-0.3, -0.25) is 0 Å². The second-order valence-corrected chi connectivity index (χ2v) is 2.49. The Morgan fingerprint density at radius 2 is 2.17 bits per heavy atom. The van der Waals surface area contributed by atoms with Crippen LogP contribution in [-0.4, -0.2) is 21.0 Å². The number of nitrogens with two attached hydrogens (primary N) is 1. The summed E-state index contributed by atoms with van der Waals surface area (Å²) in [6.07, 6.45) is 0. The lowest BCUT2D eigenvalue weighted by Crippen LogP contribution is -2.08. The minimum atomic E-state index is -1.16. The molecule has 12 heavy (non-hydrogen) atoms. The van der Waals surface area contributed by atoms with Crippen LogP contribution in [0.1, 0.15) is 16.1 Å². The SMILES string of the molecule is Cc1c(N)nc(Cl)nc1C(=O)O. The largest absolute Gasteiger partial charge is 0.476 e. The summed E-state index contributed by atoms with van der Waals surface area (Å²) in [6.45, 7) is 1.52. The number of anilines is 1. The number of carbonyl (C=O) groups is 1. The van der Waals surface area contributed by atoms with Gasteiger partial charge in [0.2, 0.25) is 5.28 Å². The molecule has 1 heterocycles. The number of carboxylic acid groups (broad SMARTS) is 1. The Morgan fingerprint density at radius 3 is 2.67 bits per heavy atom. The van der Waals surface area contributed by atoms with Crippen molar-refractivity contribution in [1.29, 1.82) is 0 Å². The van der Waals surface area contributed by atoms with Gasteiger partial charge in [0.25, 0.3) is 0 Å². The Labute approximate surface area is 73.2 Å². The minimum absolute atomic E-state index is 0.0902. The van der Waals surface area contributed by atoms with Crippen molar-refractivity contribution in [1.82, 2.24) is 9.97 Å². The van der Waals surface area contributed by atoms with E-state index in [1.165, 1.54) is 6.92 Å². The zero-order chi connectivity index (χ0) is 9.30. The zero-order valence-corrected chi connectivity index (χ0v) is 6.96. The van der Waals surface area contributed by atoms with E-state index in [-0.39, 0.29) is 16.8 Å². The second kappa shape index (κ2) is 2.94. The van der Waals surface area contributed by atoms with E-state index in [1.54, 1.807) is 0 Å². The van der Waals surface area contributed by atoms with Crippen LogP contribution >= 0.6 is 11.6 Å². The summed E-state index contributed by atoms with van der Waals surface area (Å²) < 4.78 is 0. The quantitative estimate of drug-likeness (QED) is 0.633. The Balaban J connectivity index is 3.37. The predicted molar refractivity (Wildman–Crippen MR) is 43.2 cm³/mol. The molecule has 0 unspecified atom stereocenters. The van der Waals surface area contributed by atoms with E-state index < -0.39 is 5.97 Å². The molecule has 0 fully saturated rings. The number of hydrogen-bond donors (Lipinski definition) is 2. The molecule has 0 aliphatic rings. The summed E-state index contributed by atoms with van der Waals surface area (Å²) in [4.78, 5) is 17.6. The average Bonchev–Trinajstić information content (AvgIpc) is 1.96. The lowest BCUT2D eigenvalue weighted by atomic mass is 10.2. The third kappa shape index (κ3) is 1.45. The van der Waals surface area contributed by atoms with Gasteiger partial charge in [-0.05, 0) is 18.5 Å². The van der Waals surface area contributed by atoms with Crippen LogP contribution in [0.2, 0.25) is 5.28 Å². The van der Waals surface area contributed by atoms with Crippen molar-refractivity contribution in [3.8, 4) is 0 Å². The van der Waals surface area contributed by atoms with Crippen LogP contribution in [-0.2, 0) is 0 Å². The number of nitrogens with zero attached hydrogens (tertiary/aromatic N) is 2. The highest BCUT2D eigenvalue weighted by molar-refractivity contribution is 6.28. The average molecular weight is 188 g/mol. The Bertz CT molecular complexity index is 340. The first-order valence-electron chi connectivity index (χ1n) is 3.05. The molecule has 0 saturated heterocycles. The fraction of sp³-hybridized carbons (Fsp3) is 0.167. The van der Waals surface area contributed by atoms with Gasteiger partial charge in [0.05, 0.1) is 0 Å². The first-order chi connectivity index (χ1) is 5.52. The van der Waals surface area contributed by atoms with Gasteiger partial charge in [-0.15, -0.1) is 0 Å². The van der Waals surface area contributed by atoms with Gasteiger partial charge in [0, 0.05) is 5.56 Å². The molecule has 6 heteroatoms. The molecule has 0 atom stereocenters. The van der Waals surface area contributed by atoms with E-state index in [0.717, 1.165) is 0 Å². The van der Waals surface area contributed by atoms with Crippen molar-refractivity contribution >= 4 is 23.4 Å². The Kier molecular flexibility index (Phi) is 2.14. The molecule has 0 aromatic carbocycles. The van der Waals surface area contributed by atoms with E-state index >= 15 is 0 Å². The van der Waals surface area contributed by atoms with Gasteiger partial charge in [-0.1, -0.05) is 0 Å². The fourth-order valence-electron chi connectivity index (χ4n) is 0.714. The van der Waals surface area contributed by atoms with E-state index in [0.29, 0.717) is 5.56 Å². The normalized spacial score (nSPS) is 9.83. The highest BCUT2D eigenvalue weighted by Gasteiger charge is 2.13. The maximum absolute atomic E-state index is 10.5. The third-order valence-corrected chi connectivity index (χ3v) is 1.53. The summed E-state index contributed by atoms with van der Waals surface area (Å²) in [5.74, 6) is -1.07. The van der Waals surface area contributed by atoms with Gasteiger partial charge in [-0.2, -0.15) is 0 Å². The fourth-order valence-corrected chi connectivity index (χ4v) is 0.889. The van der Waals surface area contributed by atoms with Crippen molar-refractivity contribution in [2.75, 3.05) is 5.73 Å². The molecule has 1 aromatic heterocycles. The van der Waals surface area contributed by atoms with Crippen molar-refractivity contribution in [3.05, 3.63) is 16.5 Å². The molecule has 3 N–H and O–H groups in total. The molecule has 1 aromatic rings. The molecule has 0 amide bonds. The predicted octanol–water partition coefficient (Wildman–Crippen LogP) is 0.719. The third-order valence-electron chi connectivity index (χ3n) is 1.36. The molecule has 1 rings (SSSR count). The minimum Gasteiger partial charge on any atom is -0.476 e. The highest BCUT2D eigenvalue weighted by Crippen LogP contribution is 2.14. The van der Waals surface area contributed by atoms with Gasteiger partial charge >= 0.3 is 5.97 Å². The number of aromatic nitrogens is 2.